The van der Waals surface area contributed by atoms with E-state index in [1.807, 2.05) is 10.6 Å². The Morgan fingerprint density at radius 3 is 2.80 bits per heavy atom. The van der Waals surface area contributed by atoms with Crippen LogP contribution in [0.2, 0.25) is 0 Å². The standard InChI is InChI=1S/C23H26FN3O3/c1-4-10-27-18-7-5-6-17(24)22(18)25-21(27)13-26(12-15(2)3)23(28)16-8-9-19-20(11-16)30-14-29-19/h5-9,11,15H,4,10,12-14H2,1-3H3. The lowest BCUT2D eigenvalue weighted by Crippen LogP contribution is -2.34. The van der Waals surface area contributed by atoms with E-state index in [0.717, 1.165) is 11.9 Å². The molecule has 0 fully saturated rings. The van der Waals surface area contributed by atoms with E-state index in [0.29, 0.717) is 48.0 Å². The number of carbonyl (C=O) groups excluding carboxylic acids is 1. The Bertz CT molecular complexity index is 1080. The molecule has 0 radical (unpaired) electrons. The van der Waals surface area contributed by atoms with E-state index in [1.54, 1.807) is 29.2 Å². The van der Waals surface area contributed by atoms with Gasteiger partial charge in [-0.15, -0.1) is 0 Å². The summed E-state index contributed by atoms with van der Waals surface area (Å²) in [4.78, 5) is 19.7. The SMILES string of the molecule is CCCn1c(CN(CC(C)C)C(=O)c2ccc3c(c2)OCO3)nc2c(F)cccc21. The molecule has 3 aromatic rings. The van der Waals surface area contributed by atoms with Crippen LogP contribution in [-0.2, 0) is 13.1 Å². The molecule has 2 heterocycles. The molecule has 1 amide bonds. The third-order valence-electron chi connectivity index (χ3n) is 5.08. The molecule has 0 bridgehead atoms. The van der Waals surface area contributed by atoms with Crippen LogP contribution in [0.5, 0.6) is 11.5 Å². The first-order valence-electron chi connectivity index (χ1n) is 10.3. The first-order chi connectivity index (χ1) is 14.5. The molecule has 0 saturated heterocycles. The summed E-state index contributed by atoms with van der Waals surface area (Å²) in [5, 5.41) is 0. The number of imidazole rings is 1. The zero-order valence-corrected chi connectivity index (χ0v) is 17.5. The molecule has 0 N–H and O–H groups in total. The Morgan fingerprint density at radius 1 is 1.23 bits per heavy atom. The summed E-state index contributed by atoms with van der Waals surface area (Å²) in [5.41, 5.74) is 1.64. The summed E-state index contributed by atoms with van der Waals surface area (Å²) in [6.07, 6.45) is 0.884. The highest BCUT2D eigenvalue weighted by Crippen LogP contribution is 2.33. The number of para-hydroxylation sites is 1. The second kappa shape index (κ2) is 8.34. The Labute approximate surface area is 175 Å². The summed E-state index contributed by atoms with van der Waals surface area (Å²) in [7, 11) is 0. The van der Waals surface area contributed by atoms with Crippen LogP contribution < -0.4 is 9.47 Å². The number of rotatable bonds is 7. The van der Waals surface area contributed by atoms with Gasteiger partial charge in [0.15, 0.2) is 17.3 Å². The Morgan fingerprint density at radius 2 is 2.03 bits per heavy atom. The van der Waals surface area contributed by atoms with Gasteiger partial charge in [0, 0.05) is 18.7 Å². The van der Waals surface area contributed by atoms with E-state index < -0.39 is 0 Å². The van der Waals surface area contributed by atoms with Crippen molar-refractivity contribution in [3.63, 3.8) is 0 Å². The molecule has 2 aromatic carbocycles. The van der Waals surface area contributed by atoms with Crippen LogP contribution in [0.15, 0.2) is 36.4 Å². The molecule has 7 heteroatoms. The number of amides is 1. The lowest BCUT2D eigenvalue weighted by molar-refractivity contribution is 0.0716. The van der Waals surface area contributed by atoms with Crippen molar-refractivity contribution in [2.24, 2.45) is 5.92 Å². The summed E-state index contributed by atoms with van der Waals surface area (Å²) in [5.74, 6) is 1.71. The van der Waals surface area contributed by atoms with Crippen molar-refractivity contribution in [1.29, 1.82) is 0 Å². The Kier molecular flexibility index (Phi) is 5.61. The van der Waals surface area contributed by atoms with Crippen molar-refractivity contribution in [3.8, 4) is 11.5 Å². The Hall–Kier alpha value is -3.09. The van der Waals surface area contributed by atoms with Crippen LogP contribution in [0.1, 0.15) is 43.4 Å². The molecule has 158 valence electrons. The molecule has 30 heavy (non-hydrogen) atoms. The van der Waals surface area contributed by atoms with E-state index in [1.165, 1.54) is 6.07 Å². The maximum absolute atomic E-state index is 14.3. The van der Waals surface area contributed by atoms with Crippen LogP contribution in [0, 0.1) is 11.7 Å². The monoisotopic (exact) mass is 411 g/mol. The van der Waals surface area contributed by atoms with Crippen LogP contribution in [0.25, 0.3) is 11.0 Å². The molecular formula is C23H26FN3O3. The normalized spacial score (nSPS) is 12.7. The number of fused-ring (bicyclic) bond motifs is 2. The molecule has 0 atom stereocenters. The van der Waals surface area contributed by atoms with Gasteiger partial charge in [-0.25, -0.2) is 9.37 Å². The van der Waals surface area contributed by atoms with Crippen LogP contribution in [0.4, 0.5) is 4.39 Å². The van der Waals surface area contributed by atoms with Gasteiger partial charge in [-0.1, -0.05) is 26.8 Å². The van der Waals surface area contributed by atoms with Gasteiger partial charge in [-0.05, 0) is 42.7 Å². The third-order valence-corrected chi connectivity index (χ3v) is 5.08. The number of aromatic nitrogens is 2. The third kappa shape index (κ3) is 3.84. The maximum atomic E-state index is 14.3. The van der Waals surface area contributed by atoms with Crippen molar-refractivity contribution in [2.75, 3.05) is 13.3 Å². The lowest BCUT2D eigenvalue weighted by Gasteiger charge is -2.25. The topological polar surface area (TPSA) is 56.6 Å². The molecule has 0 unspecified atom stereocenters. The second-order valence-electron chi connectivity index (χ2n) is 7.93. The number of aryl methyl sites for hydroxylation is 1. The molecule has 0 aliphatic carbocycles. The summed E-state index contributed by atoms with van der Waals surface area (Å²) < 4.78 is 27.1. The second-order valence-corrected chi connectivity index (χ2v) is 7.93. The zero-order valence-electron chi connectivity index (χ0n) is 17.5. The highest BCUT2D eigenvalue weighted by Gasteiger charge is 2.24. The van der Waals surface area contributed by atoms with Gasteiger partial charge in [0.25, 0.3) is 5.91 Å². The number of hydrogen-bond donors (Lipinski definition) is 0. The van der Waals surface area contributed by atoms with Crippen molar-refractivity contribution < 1.29 is 18.7 Å². The average Bonchev–Trinajstić information content (AvgIpc) is 3.32. The summed E-state index contributed by atoms with van der Waals surface area (Å²) >= 11 is 0. The summed E-state index contributed by atoms with van der Waals surface area (Å²) in [6.45, 7) is 7.94. The van der Waals surface area contributed by atoms with E-state index in [9.17, 15) is 9.18 Å². The first kappa shape index (κ1) is 20.2. The predicted molar refractivity (Wildman–Crippen MR) is 112 cm³/mol. The van der Waals surface area contributed by atoms with E-state index in [-0.39, 0.29) is 24.4 Å². The van der Waals surface area contributed by atoms with Crippen LogP contribution in [-0.4, -0.2) is 33.7 Å². The minimum absolute atomic E-state index is 0.113. The molecule has 1 aliphatic rings. The van der Waals surface area contributed by atoms with Gasteiger partial charge in [-0.3, -0.25) is 4.79 Å². The number of ether oxygens (including phenoxy) is 2. The first-order valence-corrected chi connectivity index (χ1v) is 10.3. The van der Waals surface area contributed by atoms with Gasteiger partial charge < -0.3 is 18.9 Å². The van der Waals surface area contributed by atoms with E-state index in [4.69, 9.17) is 9.47 Å². The molecule has 6 nitrogen and oxygen atoms in total. The van der Waals surface area contributed by atoms with Gasteiger partial charge in [-0.2, -0.15) is 0 Å². The van der Waals surface area contributed by atoms with Crippen LogP contribution >= 0.6 is 0 Å². The number of carbonyl (C=O) groups is 1. The molecule has 1 aromatic heterocycles. The quantitative estimate of drug-likeness (QED) is 0.570. The highest BCUT2D eigenvalue weighted by molar-refractivity contribution is 5.95. The minimum atomic E-state index is -0.346. The van der Waals surface area contributed by atoms with Gasteiger partial charge >= 0.3 is 0 Å². The van der Waals surface area contributed by atoms with E-state index >= 15 is 0 Å². The van der Waals surface area contributed by atoms with Gasteiger partial charge in [0.1, 0.15) is 11.3 Å². The molecule has 4 rings (SSSR count). The Balaban J connectivity index is 1.69. The van der Waals surface area contributed by atoms with E-state index in [2.05, 4.69) is 25.8 Å². The maximum Gasteiger partial charge on any atom is 0.254 e. The fourth-order valence-electron chi connectivity index (χ4n) is 3.80. The fraction of sp³-hybridized carbons (Fsp3) is 0.391. The highest BCUT2D eigenvalue weighted by atomic mass is 19.1. The lowest BCUT2D eigenvalue weighted by atomic mass is 10.1. The molecule has 0 saturated carbocycles. The van der Waals surface area contributed by atoms with Gasteiger partial charge in [0.05, 0.1) is 12.1 Å². The average molecular weight is 411 g/mol. The molecule has 0 spiro atoms. The predicted octanol–water partition coefficient (Wildman–Crippen LogP) is 4.61. The molecule has 1 aliphatic heterocycles. The summed E-state index contributed by atoms with van der Waals surface area (Å²) in [6, 6.07) is 10.2. The largest absolute Gasteiger partial charge is 0.454 e. The number of hydrogen-bond acceptors (Lipinski definition) is 4. The van der Waals surface area contributed by atoms with Crippen molar-refractivity contribution in [3.05, 3.63) is 53.6 Å². The van der Waals surface area contributed by atoms with Gasteiger partial charge in [0.2, 0.25) is 6.79 Å². The fourth-order valence-corrected chi connectivity index (χ4v) is 3.80. The smallest absolute Gasteiger partial charge is 0.254 e. The van der Waals surface area contributed by atoms with Crippen molar-refractivity contribution in [2.45, 2.75) is 40.3 Å². The number of halogens is 1. The van der Waals surface area contributed by atoms with Crippen molar-refractivity contribution in [1.82, 2.24) is 14.5 Å². The zero-order chi connectivity index (χ0) is 21.3. The number of nitrogens with zero attached hydrogens (tertiary/aromatic N) is 3. The molecular weight excluding hydrogens is 385 g/mol. The minimum Gasteiger partial charge on any atom is -0.454 e. The number of benzene rings is 2. The van der Waals surface area contributed by atoms with Crippen molar-refractivity contribution >= 4 is 16.9 Å². The van der Waals surface area contributed by atoms with Crippen LogP contribution in [0.3, 0.4) is 0 Å².